The Morgan fingerprint density at radius 2 is 1.72 bits per heavy atom. The number of aryl methyl sites for hydroxylation is 3. The van der Waals surface area contributed by atoms with Crippen molar-refractivity contribution in [2.75, 3.05) is 0 Å². The van der Waals surface area contributed by atoms with Crippen LogP contribution in [0.15, 0.2) is 50.0 Å². The van der Waals surface area contributed by atoms with Crippen LogP contribution in [0.5, 0.6) is 0 Å². The van der Waals surface area contributed by atoms with Gasteiger partial charge in [-0.15, -0.1) is 0 Å². The van der Waals surface area contributed by atoms with E-state index < -0.39 is 5.63 Å². The van der Waals surface area contributed by atoms with E-state index in [0.29, 0.717) is 22.5 Å². The van der Waals surface area contributed by atoms with E-state index in [9.17, 15) is 9.18 Å². The molecule has 0 spiro atoms. The van der Waals surface area contributed by atoms with Gasteiger partial charge in [0.2, 0.25) is 0 Å². The van der Waals surface area contributed by atoms with E-state index in [-0.39, 0.29) is 5.82 Å². The molecule has 3 nitrogen and oxygen atoms in total. The van der Waals surface area contributed by atoms with Crippen LogP contribution in [0.1, 0.15) is 23.1 Å². The monoisotopic (exact) mass is 334 g/mol. The summed E-state index contributed by atoms with van der Waals surface area (Å²) in [6.45, 7) is 1.88. The summed E-state index contributed by atoms with van der Waals surface area (Å²) in [5.41, 5.74) is 4.84. The van der Waals surface area contributed by atoms with Gasteiger partial charge in [0.15, 0.2) is 0 Å². The summed E-state index contributed by atoms with van der Waals surface area (Å²) in [5.74, 6) is 0.287. The Kier molecular flexibility index (Phi) is 2.93. The van der Waals surface area contributed by atoms with Gasteiger partial charge in [0.25, 0.3) is 0 Å². The lowest BCUT2D eigenvalue weighted by Crippen LogP contribution is -1.99. The minimum atomic E-state index is -0.411. The lowest BCUT2D eigenvalue weighted by molar-refractivity contribution is 0.559. The highest BCUT2D eigenvalue weighted by Gasteiger charge is 2.20. The predicted octanol–water partition coefficient (Wildman–Crippen LogP) is 5.14. The molecule has 0 saturated carbocycles. The van der Waals surface area contributed by atoms with Crippen LogP contribution in [0.3, 0.4) is 0 Å². The van der Waals surface area contributed by atoms with E-state index in [2.05, 4.69) is 6.07 Å². The van der Waals surface area contributed by atoms with Crippen molar-refractivity contribution in [2.45, 2.75) is 26.2 Å². The van der Waals surface area contributed by atoms with E-state index in [0.717, 1.165) is 35.6 Å². The Balaban J connectivity index is 1.86. The number of hydrogen-bond acceptors (Lipinski definition) is 3. The average molecular weight is 334 g/mol. The maximum absolute atomic E-state index is 13.6. The fraction of sp³-hybridized carbons (Fsp3) is 0.190. The third-order valence-electron chi connectivity index (χ3n) is 5.10. The minimum Gasteiger partial charge on any atom is -0.456 e. The van der Waals surface area contributed by atoms with Gasteiger partial charge in [-0.05, 0) is 67.6 Å². The molecule has 25 heavy (non-hydrogen) atoms. The lowest BCUT2D eigenvalue weighted by Gasteiger charge is -2.07. The zero-order valence-electron chi connectivity index (χ0n) is 13.7. The zero-order chi connectivity index (χ0) is 17.1. The third kappa shape index (κ3) is 2.14. The molecule has 1 aliphatic rings. The van der Waals surface area contributed by atoms with E-state index in [1.54, 1.807) is 6.07 Å². The summed E-state index contributed by atoms with van der Waals surface area (Å²) in [4.78, 5) is 12.1. The molecule has 2 aromatic heterocycles. The Morgan fingerprint density at radius 3 is 2.56 bits per heavy atom. The van der Waals surface area contributed by atoms with Gasteiger partial charge in [-0.2, -0.15) is 0 Å². The van der Waals surface area contributed by atoms with Gasteiger partial charge >= 0.3 is 5.63 Å². The molecule has 0 amide bonds. The van der Waals surface area contributed by atoms with Crippen LogP contribution in [0.25, 0.3) is 33.3 Å². The number of halogens is 1. The zero-order valence-corrected chi connectivity index (χ0v) is 13.7. The summed E-state index contributed by atoms with van der Waals surface area (Å²) < 4.78 is 25.0. The molecule has 0 aliphatic heterocycles. The van der Waals surface area contributed by atoms with Crippen LogP contribution >= 0.6 is 0 Å². The molecule has 1 aliphatic carbocycles. The number of benzene rings is 2. The second-order valence-electron chi connectivity index (χ2n) is 6.65. The van der Waals surface area contributed by atoms with Crippen LogP contribution in [-0.4, -0.2) is 0 Å². The van der Waals surface area contributed by atoms with Gasteiger partial charge in [0.05, 0.1) is 0 Å². The van der Waals surface area contributed by atoms with Gasteiger partial charge in [-0.1, -0.05) is 0 Å². The summed E-state index contributed by atoms with van der Waals surface area (Å²) in [6, 6.07) is 9.99. The molecule has 0 radical (unpaired) electrons. The van der Waals surface area contributed by atoms with Crippen molar-refractivity contribution in [3.8, 4) is 11.3 Å². The number of hydrogen-bond donors (Lipinski definition) is 0. The summed E-state index contributed by atoms with van der Waals surface area (Å²) in [6.07, 6.45) is 3.17. The number of fused-ring (bicyclic) bond motifs is 3. The standard InChI is InChI=1S/C21H15FO3/c1-11-15-9-14(22)5-6-18(15)25-21(11)17-10-20(23)24-19-8-13-4-2-3-12(13)7-16(17)19/h5-10H,2-4H2,1H3. The first-order valence-electron chi connectivity index (χ1n) is 8.39. The summed E-state index contributed by atoms with van der Waals surface area (Å²) >= 11 is 0. The van der Waals surface area contributed by atoms with Crippen LogP contribution in [-0.2, 0) is 12.8 Å². The molecule has 0 fully saturated rings. The number of furan rings is 1. The maximum atomic E-state index is 13.6. The van der Waals surface area contributed by atoms with E-state index >= 15 is 0 Å². The molecular weight excluding hydrogens is 319 g/mol. The Bertz CT molecular complexity index is 1210. The molecule has 5 rings (SSSR count). The van der Waals surface area contributed by atoms with Gasteiger partial charge in [-0.25, -0.2) is 9.18 Å². The van der Waals surface area contributed by atoms with Gasteiger partial charge < -0.3 is 8.83 Å². The molecule has 4 heteroatoms. The SMILES string of the molecule is Cc1c(-c2cc(=O)oc3cc4c(cc23)CCC4)oc2ccc(F)cc12. The van der Waals surface area contributed by atoms with Gasteiger partial charge in [0, 0.05) is 28.0 Å². The Hall–Kier alpha value is -2.88. The van der Waals surface area contributed by atoms with Crippen molar-refractivity contribution in [3.05, 3.63) is 69.3 Å². The van der Waals surface area contributed by atoms with Crippen molar-refractivity contribution in [1.29, 1.82) is 0 Å². The largest absolute Gasteiger partial charge is 0.456 e. The summed E-state index contributed by atoms with van der Waals surface area (Å²) in [5, 5.41) is 1.58. The highest BCUT2D eigenvalue weighted by atomic mass is 19.1. The summed E-state index contributed by atoms with van der Waals surface area (Å²) in [7, 11) is 0. The predicted molar refractivity (Wildman–Crippen MR) is 94.4 cm³/mol. The molecule has 2 aromatic carbocycles. The first-order chi connectivity index (χ1) is 12.1. The Labute approximate surface area is 142 Å². The number of rotatable bonds is 1. The molecule has 0 saturated heterocycles. The highest BCUT2D eigenvalue weighted by Crippen LogP contribution is 2.38. The van der Waals surface area contributed by atoms with Gasteiger partial charge in [0.1, 0.15) is 22.7 Å². The van der Waals surface area contributed by atoms with Crippen LogP contribution in [0.2, 0.25) is 0 Å². The van der Waals surface area contributed by atoms with Crippen molar-refractivity contribution in [1.82, 2.24) is 0 Å². The fourth-order valence-electron chi connectivity index (χ4n) is 3.87. The second-order valence-corrected chi connectivity index (χ2v) is 6.65. The first kappa shape index (κ1) is 14.5. The van der Waals surface area contributed by atoms with Crippen LogP contribution < -0.4 is 5.63 Å². The van der Waals surface area contributed by atoms with Crippen LogP contribution in [0.4, 0.5) is 4.39 Å². The topological polar surface area (TPSA) is 43.4 Å². The second kappa shape index (κ2) is 5.06. The fourth-order valence-corrected chi connectivity index (χ4v) is 3.87. The van der Waals surface area contributed by atoms with E-state index in [1.165, 1.54) is 29.3 Å². The maximum Gasteiger partial charge on any atom is 0.336 e. The van der Waals surface area contributed by atoms with Gasteiger partial charge in [-0.3, -0.25) is 0 Å². The minimum absolute atomic E-state index is 0.307. The molecule has 124 valence electrons. The highest BCUT2D eigenvalue weighted by molar-refractivity contribution is 5.97. The van der Waals surface area contributed by atoms with E-state index in [4.69, 9.17) is 8.83 Å². The normalized spacial score (nSPS) is 13.7. The quantitative estimate of drug-likeness (QED) is 0.453. The smallest absolute Gasteiger partial charge is 0.336 e. The third-order valence-corrected chi connectivity index (χ3v) is 5.10. The lowest BCUT2D eigenvalue weighted by atomic mass is 10.00. The Morgan fingerprint density at radius 1 is 0.920 bits per heavy atom. The molecule has 0 atom stereocenters. The molecule has 0 N–H and O–H groups in total. The molecule has 4 aromatic rings. The molecular formula is C21H15FO3. The van der Waals surface area contributed by atoms with Crippen molar-refractivity contribution in [3.63, 3.8) is 0 Å². The molecule has 0 bridgehead atoms. The van der Waals surface area contributed by atoms with Crippen molar-refractivity contribution in [2.24, 2.45) is 0 Å². The average Bonchev–Trinajstić information content (AvgIpc) is 3.17. The molecule has 0 unspecified atom stereocenters. The van der Waals surface area contributed by atoms with E-state index in [1.807, 2.05) is 13.0 Å². The molecule has 2 heterocycles. The van der Waals surface area contributed by atoms with Crippen molar-refractivity contribution >= 4 is 21.9 Å². The first-order valence-corrected chi connectivity index (χ1v) is 8.39. The van der Waals surface area contributed by atoms with Crippen molar-refractivity contribution < 1.29 is 13.2 Å². The van der Waals surface area contributed by atoms with Crippen LogP contribution in [0, 0.1) is 12.7 Å².